The highest BCUT2D eigenvalue weighted by atomic mass is 16.5. The van der Waals surface area contributed by atoms with Gasteiger partial charge in [0.15, 0.2) is 0 Å². The van der Waals surface area contributed by atoms with Crippen LogP contribution in [0.1, 0.15) is 11.7 Å². The summed E-state index contributed by atoms with van der Waals surface area (Å²) >= 11 is 0. The maximum atomic E-state index is 10.7. The van der Waals surface area contributed by atoms with Crippen molar-refractivity contribution in [3.05, 3.63) is 60.3 Å². The summed E-state index contributed by atoms with van der Waals surface area (Å²) in [5.41, 5.74) is 3.28. The first-order valence-electron chi connectivity index (χ1n) is 9.10. The number of ether oxygens (including phenoxy) is 1. The number of aliphatic hydroxyl groups is 1. The lowest BCUT2D eigenvalue weighted by Crippen LogP contribution is -2.47. The van der Waals surface area contributed by atoms with Gasteiger partial charge in [-0.2, -0.15) is 0 Å². The average molecular weight is 351 g/mol. The normalized spacial score (nSPS) is 16.8. The Bertz CT molecular complexity index is 851. The number of rotatable bonds is 5. The molecule has 136 valence electrons. The van der Waals surface area contributed by atoms with Crippen molar-refractivity contribution in [3.63, 3.8) is 0 Å². The molecule has 26 heavy (non-hydrogen) atoms. The predicted octanol–water partition coefficient (Wildman–Crippen LogP) is 3.03. The molecule has 1 atom stereocenters. The molecule has 2 heterocycles. The van der Waals surface area contributed by atoms with Gasteiger partial charge in [-0.3, -0.25) is 4.90 Å². The number of hydrogen-bond donors (Lipinski definition) is 2. The Morgan fingerprint density at radius 1 is 1.04 bits per heavy atom. The first-order valence-corrected chi connectivity index (χ1v) is 9.10. The van der Waals surface area contributed by atoms with Crippen molar-refractivity contribution in [2.75, 3.05) is 44.7 Å². The average Bonchev–Trinajstić information content (AvgIpc) is 3.13. The number of aromatic nitrogens is 1. The van der Waals surface area contributed by atoms with Gasteiger partial charge in [-0.25, -0.2) is 0 Å². The highest BCUT2D eigenvalue weighted by Gasteiger charge is 2.21. The SMILES string of the molecule is COc1ccc(N2CCN(CC(O)c3c[nH]c4ccccc34)CC2)cc1. The Labute approximate surface area is 153 Å². The molecule has 1 aliphatic heterocycles. The van der Waals surface area contributed by atoms with E-state index in [1.54, 1.807) is 7.11 Å². The summed E-state index contributed by atoms with van der Waals surface area (Å²) in [4.78, 5) is 7.97. The smallest absolute Gasteiger partial charge is 0.119 e. The molecule has 1 saturated heterocycles. The maximum absolute atomic E-state index is 10.7. The first kappa shape index (κ1) is 16.9. The summed E-state index contributed by atoms with van der Waals surface area (Å²) < 4.78 is 5.23. The second kappa shape index (κ2) is 7.40. The summed E-state index contributed by atoms with van der Waals surface area (Å²) in [6.45, 7) is 4.50. The molecule has 0 spiro atoms. The number of H-pyrrole nitrogens is 1. The lowest BCUT2D eigenvalue weighted by atomic mass is 10.1. The molecular formula is C21H25N3O2. The molecule has 0 saturated carbocycles. The van der Waals surface area contributed by atoms with Gasteiger partial charge < -0.3 is 19.7 Å². The number of nitrogens with one attached hydrogen (secondary N) is 1. The van der Waals surface area contributed by atoms with Crippen molar-refractivity contribution in [3.8, 4) is 5.75 Å². The van der Waals surface area contributed by atoms with Crippen LogP contribution in [0.25, 0.3) is 10.9 Å². The van der Waals surface area contributed by atoms with Gasteiger partial charge in [-0.15, -0.1) is 0 Å². The molecule has 1 aromatic heterocycles. The third kappa shape index (κ3) is 3.41. The minimum Gasteiger partial charge on any atom is -0.497 e. The minimum atomic E-state index is -0.473. The van der Waals surface area contributed by atoms with Crippen LogP contribution in [0.3, 0.4) is 0 Å². The molecule has 0 aliphatic carbocycles. The van der Waals surface area contributed by atoms with Crippen LogP contribution >= 0.6 is 0 Å². The number of hydrogen-bond acceptors (Lipinski definition) is 4. The number of para-hydroxylation sites is 1. The van der Waals surface area contributed by atoms with E-state index in [0.717, 1.165) is 48.4 Å². The van der Waals surface area contributed by atoms with Crippen molar-refractivity contribution in [2.45, 2.75) is 6.10 Å². The van der Waals surface area contributed by atoms with Crippen LogP contribution in [0.4, 0.5) is 5.69 Å². The molecule has 2 aromatic carbocycles. The Morgan fingerprint density at radius 2 is 1.77 bits per heavy atom. The molecule has 2 N–H and O–H groups in total. The third-order valence-corrected chi connectivity index (χ3v) is 5.22. The number of aliphatic hydroxyl groups excluding tert-OH is 1. The van der Waals surface area contributed by atoms with E-state index in [9.17, 15) is 5.11 Å². The molecule has 1 aliphatic rings. The Kier molecular flexibility index (Phi) is 4.82. The number of nitrogens with zero attached hydrogens (tertiary/aromatic N) is 2. The van der Waals surface area contributed by atoms with Crippen LogP contribution in [-0.4, -0.2) is 54.8 Å². The second-order valence-corrected chi connectivity index (χ2v) is 6.79. The topological polar surface area (TPSA) is 51.7 Å². The molecule has 4 rings (SSSR count). The maximum Gasteiger partial charge on any atom is 0.119 e. The summed E-state index contributed by atoms with van der Waals surface area (Å²) in [5.74, 6) is 0.884. The molecule has 3 aromatic rings. The quantitative estimate of drug-likeness (QED) is 0.742. The van der Waals surface area contributed by atoms with Crippen molar-refractivity contribution >= 4 is 16.6 Å². The van der Waals surface area contributed by atoms with E-state index < -0.39 is 6.10 Å². The zero-order chi connectivity index (χ0) is 17.9. The van der Waals surface area contributed by atoms with E-state index in [0.29, 0.717) is 6.54 Å². The molecule has 0 bridgehead atoms. The number of anilines is 1. The van der Waals surface area contributed by atoms with Crippen molar-refractivity contribution < 1.29 is 9.84 Å². The van der Waals surface area contributed by atoms with Crippen LogP contribution in [0.15, 0.2) is 54.7 Å². The zero-order valence-electron chi connectivity index (χ0n) is 15.1. The summed E-state index contributed by atoms with van der Waals surface area (Å²) in [7, 11) is 1.69. The Balaban J connectivity index is 1.36. The first-order chi connectivity index (χ1) is 12.7. The lowest BCUT2D eigenvalue weighted by molar-refractivity contribution is 0.110. The fourth-order valence-electron chi connectivity index (χ4n) is 3.69. The number of piperazine rings is 1. The molecule has 1 fully saturated rings. The van der Waals surface area contributed by atoms with E-state index >= 15 is 0 Å². The number of benzene rings is 2. The van der Waals surface area contributed by atoms with E-state index in [1.165, 1.54) is 5.69 Å². The van der Waals surface area contributed by atoms with Gasteiger partial charge in [0.05, 0.1) is 13.2 Å². The van der Waals surface area contributed by atoms with E-state index in [-0.39, 0.29) is 0 Å². The van der Waals surface area contributed by atoms with Crippen molar-refractivity contribution in [1.29, 1.82) is 0 Å². The van der Waals surface area contributed by atoms with Crippen LogP contribution in [-0.2, 0) is 0 Å². The zero-order valence-corrected chi connectivity index (χ0v) is 15.1. The summed E-state index contributed by atoms with van der Waals surface area (Å²) in [6, 6.07) is 16.3. The molecule has 1 unspecified atom stereocenters. The molecule has 0 amide bonds. The van der Waals surface area contributed by atoms with Gasteiger partial charge in [0.25, 0.3) is 0 Å². The van der Waals surface area contributed by atoms with Crippen molar-refractivity contribution in [1.82, 2.24) is 9.88 Å². The van der Waals surface area contributed by atoms with E-state index in [2.05, 4.69) is 33.0 Å². The molecule has 5 heteroatoms. The van der Waals surface area contributed by atoms with Gasteiger partial charge in [-0.05, 0) is 30.3 Å². The van der Waals surface area contributed by atoms with Crippen molar-refractivity contribution in [2.24, 2.45) is 0 Å². The number of methoxy groups -OCH3 is 1. The highest BCUT2D eigenvalue weighted by Crippen LogP contribution is 2.25. The largest absolute Gasteiger partial charge is 0.497 e. The van der Waals surface area contributed by atoms with Gasteiger partial charge in [0.1, 0.15) is 5.75 Å². The predicted molar refractivity (Wildman–Crippen MR) is 105 cm³/mol. The van der Waals surface area contributed by atoms with Crippen LogP contribution in [0.5, 0.6) is 5.75 Å². The van der Waals surface area contributed by atoms with Gasteiger partial charge in [0.2, 0.25) is 0 Å². The summed E-state index contributed by atoms with van der Waals surface area (Å²) in [5, 5.41) is 11.8. The minimum absolute atomic E-state index is 0.473. The Hall–Kier alpha value is -2.50. The fraction of sp³-hybridized carbons (Fsp3) is 0.333. The second-order valence-electron chi connectivity index (χ2n) is 6.79. The number of aromatic amines is 1. The molecule has 5 nitrogen and oxygen atoms in total. The number of fused-ring (bicyclic) bond motifs is 1. The van der Waals surface area contributed by atoms with Gasteiger partial charge in [-0.1, -0.05) is 18.2 Å². The lowest BCUT2D eigenvalue weighted by Gasteiger charge is -2.37. The number of β-amino-alcohol motifs (C(OH)–C–C–N with tert-alkyl or cyclic N) is 1. The van der Waals surface area contributed by atoms with E-state index in [4.69, 9.17) is 4.74 Å². The molecular weight excluding hydrogens is 326 g/mol. The fourth-order valence-corrected chi connectivity index (χ4v) is 3.69. The standard InChI is InChI=1S/C21H25N3O2/c1-26-17-8-6-16(7-9-17)24-12-10-23(11-13-24)15-21(25)19-14-22-20-5-3-2-4-18(19)20/h2-9,14,21-22,25H,10-13,15H2,1H3. The third-order valence-electron chi connectivity index (χ3n) is 5.22. The monoisotopic (exact) mass is 351 g/mol. The molecule has 0 radical (unpaired) electrons. The van der Waals surface area contributed by atoms with Crippen LogP contribution in [0, 0.1) is 0 Å². The van der Waals surface area contributed by atoms with Crippen LogP contribution < -0.4 is 9.64 Å². The van der Waals surface area contributed by atoms with Gasteiger partial charge >= 0.3 is 0 Å². The Morgan fingerprint density at radius 3 is 2.50 bits per heavy atom. The van der Waals surface area contributed by atoms with E-state index in [1.807, 2.05) is 36.5 Å². The van der Waals surface area contributed by atoms with Crippen LogP contribution in [0.2, 0.25) is 0 Å². The van der Waals surface area contributed by atoms with Gasteiger partial charge in [0, 0.05) is 61.1 Å². The highest BCUT2D eigenvalue weighted by molar-refractivity contribution is 5.83. The summed E-state index contributed by atoms with van der Waals surface area (Å²) in [6.07, 6.45) is 1.46.